The van der Waals surface area contributed by atoms with Crippen LogP contribution in [0.3, 0.4) is 0 Å². The van der Waals surface area contributed by atoms with E-state index in [0.717, 1.165) is 35.5 Å². The first kappa shape index (κ1) is 25.1. The van der Waals surface area contributed by atoms with Crippen LogP contribution in [-0.4, -0.2) is 60.3 Å². The molecular formula is C20H29Cl2N5O2. The maximum Gasteiger partial charge on any atom is 0.251 e. The number of hydrogen-bond donors (Lipinski definition) is 3. The predicted octanol–water partition coefficient (Wildman–Crippen LogP) is 2.12. The second-order valence-electron chi connectivity index (χ2n) is 7.19. The molecule has 2 atom stereocenters. The van der Waals surface area contributed by atoms with E-state index in [0.29, 0.717) is 18.1 Å². The van der Waals surface area contributed by atoms with Gasteiger partial charge >= 0.3 is 0 Å². The molecule has 160 valence electrons. The number of anilines is 1. The van der Waals surface area contributed by atoms with Crippen LogP contribution in [0.15, 0.2) is 24.3 Å². The summed E-state index contributed by atoms with van der Waals surface area (Å²) in [5, 5.41) is 16.0. The van der Waals surface area contributed by atoms with Crippen LogP contribution in [0.25, 0.3) is 11.3 Å². The lowest BCUT2D eigenvalue weighted by Gasteiger charge is -2.29. The SMILES string of the molecule is Cc1nc(N(C)C)nc(-c2ccc(C(=O)N[C@@H]3CCNC[C@H]3O)cc2)c1C.Cl.Cl. The van der Waals surface area contributed by atoms with Gasteiger partial charge in [-0.15, -0.1) is 24.8 Å². The van der Waals surface area contributed by atoms with Gasteiger partial charge in [0.2, 0.25) is 5.95 Å². The second kappa shape index (κ2) is 10.7. The van der Waals surface area contributed by atoms with Crippen LogP contribution in [0.4, 0.5) is 5.95 Å². The number of aromatic nitrogens is 2. The van der Waals surface area contributed by atoms with Gasteiger partial charge in [0.25, 0.3) is 5.91 Å². The van der Waals surface area contributed by atoms with Crippen LogP contribution < -0.4 is 15.5 Å². The number of aliphatic hydroxyl groups is 1. The third kappa shape index (κ3) is 5.79. The van der Waals surface area contributed by atoms with Crippen LogP contribution in [0.5, 0.6) is 0 Å². The van der Waals surface area contributed by atoms with E-state index in [1.807, 2.05) is 45.0 Å². The van der Waals surface area contributed by atoms with E-state index >= 15 is 0 Å². The summed E-state index contributed by atoms with van der Waals surface area (Å²) < 4.78 is 0. The number of aryl methyl sites for hydroxylation is 1. The molecule has 2 heterocycles. The zero-order valence-electron chi connectivity index (χ0n) is 17.1. The molecule has 0 unspecified atom stereocenters. The Bertz CT molecular complexity index is 830. The number of aliphatic hydroxyl groups excluding tert-OH is 1. The minimum absolute atomic E-state index is 0. The van der Waals surface area contributed by atoms with Gasteiger partial charge in [-0.3, -0.25) is 4.79 Å². The van der Waals surface area contributed by atoms with E-state index in [1.54, 1.807) is 12.1 Å². The van der Waals surface area contributed by atoms with Gasteiger partial charge in [0.15, 0.2) is 0 Å². The van der Waals surface area contributed by atoms with E-state index in [9.17, 15) is 9.90 Å². The number of piperidine rings is 1. The lowest BCUT2D eigenvalue weighted by Crippen LogP contribution is -2.52. The Hall–Kier alpha value is -1.93. The number of rotatable bonds is 4. The summed E-state index contributed by atoms with van der Waals surface area (Å²) >= 11 is 0. The quantitative estimate of drug-likeness (QED) is 0.672. The molecule has 0 saturated carbocycles. The minimum atomic E-state index is -0.557. The monoisotopic (exact) mass is 441 g/mol. The third-order valence-corrected chi connectivity index (χ3v) is 4.96. The summed E-state index contributed by atoms with van der Waals surface area (Å²) in [6.07, 6.45) is 0.163. The molecule has 2 aromatic rings. The number of nitrogens with zero attached hydrogens (tertiary/aromatic N) is 3. The first-order chi connectivity index (χ1) is 12.9. The van der Waals surface area contributed by atoms with Crippen molar-refractivity contribution in [1.29, 1.82) is 0 Å². The van der Waals surface area contributed by atoms with E-state index in [2.05, 4.69) is 20.6 Å². The van der Waals surface area contributed by atoms with E-state index in [-0.39, 0.29) is 36.8 Å². The highest BCUT2D eigenvalue weighted by Crippen LogP contribution is 2.25. The van der Waals surface area contributed by atoms with Gasteiger partial charge in [-0.2, -0.15) is 0 Å². The van der Waals surface area contributed by atoms with Crippen molar-refractivity contribution in [1.82, 2.24) is 20.6 Å². The third-order valence-electron chi connectivity index (χ3n) is 4.96. The summed E-state index contributed by atoms with van der Waals surface area (Å²) in [6.45, 7) is 5.27. The molecule has 1 aliphatic rings. The number of halogens is 2. The predicted molar refractivity (Wildman–Crippen MR) is 121 cm³/mol. The Labute approximate surface area is 184 Å². The van der Waals surface area contributed by atoms with Crippen LogP contribution >= 0.6 is 24.8 Å². The van der Waals surface area contributed by atoms with Crippen LogP contribution in [-0.2, 0) is 0 Å². The summed E-state index contributed by atoms with van der Waals surface area (Å²) in [7, 11) is 3.83. The molecule has 0 radical (unpaired) electrons. The molecule has 9 heteroatoms. The lowest BCUT2D eigenvalue weighted by molar-refractivity contribution is 0.0765. The fraction of sp³-hybridized carbons (Fsp3) is 0.450. The van der Waals surface area contributed by atoms with Crippen molar-refractivity contribution in [3.63, 3.8) is 0 Å². The van der Waals surface area contributed by atoms with Gasteiger partial charge in [0.1, 0.15) is 0 Å². The van der Waals surface area contributed by atoms with Crippen molar-refractivity contribution < 1.29 is 9.90 Å². The molecule has 0 aliphatic carbocycles. The van der Waals surface area contributed by atoms with Crippen molar-refractivity contribution >= 4 is 36.7 Å². The Morgan fingerprint density at radius 1 is 1.17 bits per heavy atom. The normalized spacial score (nSPS) is 18.2. The summed E-state index contributed by atoms with van der Waals surface area (Å²) in [6, 6.07) is 7.19. The number of benzene rings is 1. The highest BCUT2D eigenvalue weighted by atomic mass is 35.5. The minimum Gasteiger partial charge on any atom is -0.390 e. The smallest absolute Gasteiger partial charge is 0.251 e. The summed E-state index contributed by atoms with van der Waals surface area (Å²) in [4.78, 5) is 23.5. The average molecular weight is 442 g/mol. The standard InChI is InChI=1S/C20H27N5O2.2ClH/c1-12-13(2)22-20(25(3)4)24-18(12)14-5-7-15(8-6-14)19(27)23-16-9-10-21-11-17(16)26;;/h5-8,16-17,21,26H,9-11H2,1-4H3,(H,23,27);2*1H/t16-,17-;;/m1../s1. The number of carbonyl (C=O) groups is 1. The van der Waals surface area contributed by atoms with E-state index < -0.39 is 6.10 Å². The summed E-state index contributed by atoms with van der Waals surface area (Å²) in [5.41, 5.74) is 4.34. The van der Waals surface area contributed by atoms with Crippen molar-refractivity contribution in [2.45, 2.75) is 32.4 Å². The van der Waals surface area contributed by atoms with Gasteiger partial charge in [-0.05, 0) is 44.5 Å². The molecule has 1 fully saturated rings. The first-order valence-corrected chi connectivity index (χ1v) is 9.19. The number of hydrogen-bond acceptors (Lipinski definition) is 6. The van der Waals surface area contributed by atoms with E-state index in [1.165, 1.54) is 0 Å². The highest BCUT2D eigenvalue weighted by molar-refractivity contribution is 5.95. The number of amides is 1. The zero-order valence-corrected chi connectivity index (χ0v) is 18.7. The van der Waals surface area contributed by atoms with Crippen molar-refractivity contribution in [3.05, 3.63) is 41.1 Å². The number of β-amino-alcohol motifs (C(OH)–C–C–N with tert-alkyl or cyclic N) is 1. The maximum atomic E-state index is 12.5. The molecule has 29 heavy (non-hydrogen) atoms. The zero-order chi connectivity index (χ0) is 19.6. The summed E-state index contributed by atoms with van der Waals surface area (Å²) in [5.74, 6) is 0.492. The Kier molecular flexibility index (Phi) is 9.29. The average Bonchev–Trinajstić information content (AvgIpc) is 2.65. The molecule has 1 saturated heterocycles. The molecule has 1 aliphatic heterocycles. The topological polar surface area (TPSA) is 90.4 Å². The Balaban J connectivity index is 0.00000210. The van der Waals surface area contributed by atoms with Gasteiger partial charge in [0.05, 0.1) is 17.8 Å². The lowest BCUT2D eigenvalue weighted by atomic mass is 10.0. The Morgan fingerprint density at radius 3 is 2.41 bits per heavy atom. The molecular weight excluding hydrogens is 413 g/mol. The van der Waals surface area contributed by atoms with Crippen molar-refractivity contribution in [3.8, 4) is 11.3 Å². The molecule has 0 spiro atoms. The molecule has 1 amide bonds. The molecule has 0 bridgehead atoms. The Morgan fingerprint density at radius 2 is 1.83 bits per heavy atom. The van der Waals surface area contributed by atoms with Gasteiger partial charge < -0.3 is 20.6 Å². The first-order valence-electron chi connectivity index (χ1n) is 9.19. The van der Waals surface area contributed by atoms with Crippen molar-refractivity contribution in [2.75, 3.05) is 32.1 Å². The molecule has 7 nitrogen and oxygen atoms in total. The number of carbonyl (C=O) groups excluding carboxylic acids is 1. The molecule has 3 N–H and O–H groups in total. The van der Waals surface area contributed by atoms with Crippen molar-refractivity contribution in [2.24, 2.45) is 0 Å². The fourth-order valence-corrected chi connectivity index (χ4v) is 3.14. The molecule has 1 aromatic heterocycles. The largest absolute Gasteiger partial charge is 0.390 e. The molecule has 3 rings (SSSR count). The second-order valence-corrected chi connectivity index (χ2v) is 7.19. The van der Waals surface area contributed by atoms with Crippen LogP contribution in [0.2, 0.25) is 0 Å². The molecule has 1 aromatic carbocycles. The highest BCUT2D eigenvalue weighted by Gasteiger charge is 2.24. The fourth-order valence-electron chi connectivity index (χ4n) is 3.14. The number of nitrogens with one attached hydrogen (secondary N) is 2. The van der Waals surface area contributed by atoms with Crippen LogP contribution in [0.1, 0.15) is 28.0 Å². The maximum absolute atomic E-state index is 12.5. The van der Waals surface area contributed by atoms with Gasteiger partial charge in [0, 0.05) is 37.5 Å². The van der Waals surface area contributed by atoms with Gasteiger partial charge in [-0.1, -0.05) is 12.1 Å². The van der Waals surface area contributed by atoms with E-state index in [4.69, 9.17) is 0 Å². The van der Waals surface area contributed by atoms with Gasteiger partial charge in [-0.25, -0.2) is 9.97 Å². The van der Waals surface area contributed by atoms with Crippen LogP contribution in [0, 0.1) is 13.8 Å².